The van der Waals surface area contributed by atoms with E-state index in [4.69, 9.17) is 0 Å². The van der Waals surface area contributed by atoms with E-state index in [-0.39, 0.29) is 11.9 Å². The van der Waals surface area contributed by atoms with Crippen LogP contribution in [0, 0.1) is 10.1 Å². The van der Waals surface area contributed by atoms with Crippen molar-refractivity contribution in [2.75, 3.05) is 5.43 Å². The third kappa shape index (κ3) is 1.91. The lowest BCUT2D eigenvalue weighted by molar-refractivity contribution is -0.385. The number of fused-ring (bicyclic) bond motifs is 1. The van der Waals surface area contributed by atoms with Crippen LogP contribution in [0.2, 0.25) is 0 Å². The maximum atomic E-state index is 11.8. The summed E-state index contributed by atoms with van der Waals surface area (Å²) in [6.45, 7) is 4.95. The molecule has 1 aromatic rings. The molecular weight excluding hydrogens is 226 g/mol. The Morgan fingerprint density at radius 3 is 2.59 bits per heavy atom. The molecule has 2 rings (SSSR count). The molecule has 0 radical (unpaired) electrons. The lowest BCUT2D eigenvalue weighted by atomic mass is 10.4. The van der Waals surface area contributed by atoms with Crippen LogP contribution in [0.25, 0.3) is 0 Å². The minimum absolute atomic E-state index is 0.113. The smallest absolute Gasteiger partial charge is 0.300 e. The Kier molecular flexibility index (Phi) is 2.88. The maximum Gasteiger partial charge on any atom is 0.378 e. The lowest BCUT2D eigenvalue weighted by Gasteiger charge is -2.11. The molecule has 0 aliphatic carbocycles. The van der Waals surface area contributed by atoms with E-state index < -0.39 is 16.2 Å². The molecule has 0 unspecified atom stereocenters. The number of nitrogens with one attached hydrogen (secondary N) is 2. The number of aromatic nitrogens is 2. The van der Waals surface area contributed by atoms with Crippen molar-refractivity contribution in [3.8, 4) is 0 Å². The topological polar surface area (TPSA) is 94.1 Å². The van der Waals surface area contributed by atoms with Gasteiger partial charge in [0.05, 0.1) is 4.92 Å². The van der Waals surface area contributed by atoms with Crippen molar-refractivity contribution in [3.05, 3.63) is 20.5 Å². The van der Waals surface area contributed by atoms with Crippen LogP contribution in [0.5, 0.6) is 0 Å². The fraction of sp³-hybridized carbons (Fsp3) is 0.667. The molecule has 0 fully saturated rings. The van der Waals surface area contributed by atoms with Gasteiger partial charge < -0.3 is 0 Å². The van der Waals surface area contributed by atoms with Gasteiger partial charge in [0.1, 0.15) is 0 Å². The van der Waals surface area contributed by atoms with Gasteiger partial charge in [-0.05, 0) is 20.3 Å². The Balaban J connectivity index is 2.44. The number of hydrazine groups is 1. The largest absolute Gasteiger partial charge is 0.378 e. The number of rotatable bonds is 4. The number of hydrogen-bond donors (Lipinski definition) is 2. The van der Waals surface area contributed by atoms with Crippen molar-refractivity contribution < 1.29 is 4.92 Å². The standard InChI is InChI=1S/C9H15N5O3/c1-6(2)10-11-8-7(14(16)17)9(15)13-5-3-4-12(8)13/h6,10-11H,3-5H2,1-2H3. The van der Waals surface area contributed by atoms with Crippen LogP contribution in [-0.2, 0) is 13.1 Å². The van der Waals surface area contributed by atoms with E-state index in [9.17, 15) is 14.9 Å². The van der Waals surface area contributed by atoms with E-state index in [1.54, 1.807) is 4.68 Å². The summed E-state index contributed by atoms with van der Waals surface area (Å²) < 4.78 is 3.03. The average Bonchev–Trinajstić information content (AvgIpc) is 2.78. The summed E-state index contributed by atoms with van der Waals surface area (Å²) in [6, 6.07) is 0.113. The van der Waals surface area contributed by atoms with Gasteiger partial charge in [0.25, 0.3) is 0 Å². The van der Waals surface area contributed by atoms with E-state index in [0.29, 0.717) is 13.1 Å². The van der Waals surface area contributed by atoms with Gasteiger partial charge in [-0.1, -0.05) is 0 Å². The SMILES string of the molecule is CC(C)NNc1c([N+](=O)[O-])c(=O)n2n1CCC2. The predicted octanol–water partition coefficient (Wildman–Crippen LogP) is 0.287. The van der Waals surface area contributed by atoms with Crippen molar-refractivity contribution in [1.29, 1.82) is 0 Å². The molecule has 0 atom stereocenters. The van der Waals surface area contributed by atoms with Crippen LogP contribution >= 0.6 is 0 Å². The van der Waals surface area contributed by atoms with Gasteiger partial charge in [-0.3, -0.25) is 25.0 Å². The van der Waals surface area contributed by atoms with Gasteiger partial charge in [-0.25, -0.2) is 10.1 Å². The molecule has 0 bridgehead atoms. The number of hydrogen-bond acceptors (Lipinski definition) is 5. The summed E-state index contributed by atoms with van der Waals surface area (Å²) in [7, 11) is 0. The number of nitro groups is 1. The van der Waals surface area contributed by atoms with Gasteiger partial charge in [-0.15, -0.1) is 0 Å². The van der Waals surface area contributed by atoms with E-state index in [0.717, 1.165) is 6.42 Å². The molecule has 8 heteroatoms. The third-order valence-corrected chi connectivity index (χ3v) is 2.61. The molecule has 1 aromatic heterocycles. The maximum absolute atomic E-state index is 11.8. The minimum Gasteiger partial charge on any atom is -0.300 e. The van der Waals surface area contributed by atoms with Gasteiger partial charge in [0.2, 0.25) is 5.82 Å². The highest BCUT2D eigenvalue weighted by molar-refractivity contribution is 5.55. The highest BCUT2D eigenvalue weighted by Gasteiger charge is 2.31. The highest BCUT2D eigenvalue weighted by Crippen LogP contribution is 2.23. The third-order valence-electron chi connectivity index (χ3n) is 2.61. The molecule has 0 spiro atoms. The Hall–Kier alpha value is -1.83. The molecular formula is C9H15N5O3. The van der Waals surface area contributed by atoms with E-state index in [2.05, 4.69) is 10.9 Å². The first-order chi connectivity index (χ1) is 8.02. The Morgan fingerprint density at radius 2 is 2.00 bits per heavy atom. The molecule has 2 heterocycles. The van der Waals surface area contributed by atoms with Crippen molar-refractivity contribution >= 4 is 11.5 Å². The van der Waals surface area contributed by atoms with E-state index in [1.807, 2.05) is 13.8 Å². The molecule has 94 valence electrons. The fourth-order valence-corrected chi connectivity index (χ4v) is 1.90. The fourth-order valence-electron chi connectivity index (χ4n) is 1.90. The normalized spacial score (nSPS) is 14.1. The molecule has 2 N–H and O–H groups in total. The van der Waals surface area contributed by atoms with Crippen molar-refractivity contribution in [1.82, 2.24) is 14.8 Å². The van der Waals surface area contributed by atoms with Crippen molar-refractivity contribution in [2.24, 2.45) is 0 Å². The van der Waals surface area contributed by atoms with Crippen molar-refractivity contribution in [2.45, 2.75) is 39.4 Å². The predicted molar refractivity (Wildman–Crippen MR) is 61.9 cm³/mol. The zero-order valence-electron chi connectivity index (χ0n) is 9.77. The first-order valence-corrected chi connectivity index (χ1v) is 5.52. The van der Waals surface area contributed by atoms with Crippen LogP contribution in [0.1, 0.15) is 20.3 Å². The lowest BCUT2D eigenvalue weighted by Crippen LogP contribution is -2.30. The van der Waals surface area contributed by atoms with Crippen molar-refractivity contribution in [3.63, 3.8) is 0 Å². The Morgan fingerprint density at radius 1 is 1.35 bits per heavy atom. The zero-order valence-corrected chi connectivity index (χ0v) is 9.77. The minimum atomic E-state index is -0.634. The molecule has 17 heavy (non-hydrogen) atoms. The highest BCUT2D eigenvalue weighted by atomic mass is 16.6. The van der Waals surface area contributed by atoms with Gasteiger partial charge in [0, 0.05) is 19.1 Å². The zero-order chi connectivity index (χ0) is 12.6. The second-order valence-corrected chi connectivity index (χ2v) is 4.28. The summed E-state index contributed by atoms with van der Waals surface area (Å²) >= 11 is 0. The first kappa shape index (κ1) is 11.6. The summed E-state index contributed by atoms with van der Waals surface area (Å²) in [5.74, 6) is 0.242. The molecule has 1 aliphatic rings. The van der Waals surface area contributed by atoms with Crippen LogP contribution in [0.4, 0.5) is 11.5 Å². The number of nitrogens with zero attached hydrogens (tertiary/aromatic N) is 3. The molecule has 0 amide bonds. The van der Waals surface area contributed by atoms with Gasteiger partial charge in [0.15, 0.2) is 0 Å². The second kappa shape index (κ2) is 4.21. The van der Waals surface area contributed by atoms with E-state index in [1.165, 1.54) is 4.68 Å². The molecule has 1 aliphatic heterocycles. The Labute approximate surface area is 97.3 Å². The summed E-state index contributed by atoms with van der Waals surface area (Å²) in [5.41, 5.74) is 4.71. The van der Waals surface area contributed by atoms with Crippen LogP contribution in [0.15, 0.2) is 4.79 Å². The van der Waals surface area contributed by atoms with E-state index >= 15 is 0 Å². The van der Waals surface area contributed by atoms with Crippen LogP contribution in [0.3, 0.4) is 0 Å². The van der Waals surface area contributed by atoms with Crippen LogP contribution < -0.4 is 16.4 Å². The summed E-state index contributed by atoms with van der Waals surface area (Å²) in [6.07, 6.45) is 0.823. The Bertz CT molecular complexity index is 501. The molecule has 0 aromatic carbocycles. The number of anilines is 1. The molecule has 0 saturated carbocycles. The van der Waals surface area contributed by atoms with Crippen LogP contribution in [-0.4, -0.2) is 20.3 Å². The van der Waals surface area contributed by atoms with Gasteiger partial charge in [-0.2, -0.15) is 0 Å². The molecule has 0 saturated heterocycles. The second-order valence-electron chi connectivity index (χ2n) is 4.28. The monoisotopic (exact) mass is 241 g/mol. The average molecular weight is 241 g/mol. The quantitative estimate of drug-likeness (QED) is 0.583. The molecule has 8 nitrogen and oxygen atoms in total. The first-order valence-electron chi connectivity index (χ1n) is 5.52. The summed E-state index contributed by atoms with van der Waals surface area (Å²) in [4.78, 5) is 22.1. The summed E-state index contributed by atoms with van der Waals surface area (Å²) in [5, 5.41) is 10.9. The van der Waals surface area contributed by atoms with Gasteiger partial charge >= 0.3 is 11.2 Å².